The zero-order valence-corrected chi connectivity index (χ0v) is 18.9. The lowest BCUT2D eigenvalue weighted by atomic mass is 9.98. The van der Waals surface area contributed by atoms with E-state index >= 15 is 0 Å². The van der Waals surface area contributed by atoms with E-state index in [1.807, 2.05) is 38.1 Å². The highest BCUT2D eigenvalue weighted by molar-refractivity contribution is 5.98. The summed E-state index contributed by atoms with van der Waals surface area (Å²) in [4.78, 5) is 11.8. The van der Waals surface area contributed by atoms with Gasteiger partial charge in [-0.1, -0.05) is 43.7 Å². The van der Waals surface area contributed by atoms with Crippen LogP contribution in [0.1, 0.15) is 60.8 Å². The molecule has 1 aromatic heterocycles. The first kappa shape index (κ1) is 22.2. The van der Waals surface area contributed by atoms with Gasteiger partial charge in [-0.05, 0) is 68.7 Å². The Morgan fingerprint density at radius 3 is 2.81 bits per heavy atom. The molecular weight excluding hydrogens is 380 g/mol. The number of rotatable bonds is 7. The highest BCUT2D eigenvalue weighted by atomic mass is 15.2. The molecule has 0 amide bonds. The second-order valence-corrected chi connectivity index (χ2v) is 8.12. The number of nitriles is 1. The molecule has 2 aromatic rings. The van der Waals surface area contributed by atoms with Crippen LogP contribution in [0.4, 0.5) is 0 Å². The highest BCUT2D eigenvalue weighted by Gasteiger charge is 2.24. The summed E-state index contributed by atoms with van der Waals surface area (Å²) in [5, 5.41) is 9.32. The Bertz CT molecular complexity index is 1100. The van der Waals surface area contributed by atoms with E-state index < -0.39 is 0 Å². The summed E-state index contributed by atoms with van der Waals surface area (Å²) in [7, 11) is 2.07. The van der Waals surface area contributed by atoms with E-state index in [9.17, 15) is 5.26 Å². The number of allylic oxidation sites excluding steroid dienone is 2. The molecule has 0 radical (unpaired) electrons. The predicted molar refractivity (Wildman–Crippen MR) is 129 cm³/mol. The van der Waals surface area contributed by atoms with Crippen LogP contribution in [0.25, 0.3) is 5.70 Å². The van der Waals surface area contributed by atoms with Gasteiger partial charge in [-0.2, -0.15) is 5.26 Å². The Hall–Kier alpha value is -3.45. The minimum Gasteiger partial charge on any atom is -0.349 e. The molecule has 1 unspecified atom stereocenters. The Morgan fingerprint density at radius 1 is 1.29 bits per heavy atom. The van der Waals surface area contributed by atoms with Crippen LogP contribution in [0, 0.1) is 18.3 Å². The summed E-state index contributed by atoms with van der Waals surface area (Å²) in [6, 6.07) is 14.2. The van der Waals surface area contributed by atoms with Crippen LogP contribution >= 0.6 is 0 Å². The van der Waals surface area contributed by atoms with E-state index in [1.54, 1.807) is 0 Å². The van der Waals surface area contributed by atoms with Gasteiger partial charge in [-0.3, -0.25) is 4.98 Å². The molecule has 1 aliphatic rings. The van der Waals surface area contributed by atoms with E-state index in [4.69, 9.17) is 9.98 Å². The molecule has 0 bridgehead atoms. The van der Waals surface area contributed by atoms with Gasteiger partial charge in [0.2, 0.25) is 0 Å². The number of hydrogen-bond acceptors (Lipinski definition) is 4. The second-order valence-electron chi connectivity index (χ2n) is 8.12. The SMILES string of the molecule is C=C(C)C/C=C\C1=NC(c2cccc(C#N)c2)=CC(c2cc(C)nc(CCC)c2)N1C. The molecule has 0 fully saturated rings. The molecule has 31 heavy (non-hydrogen) atoms. The van der Waals surface area contributed by atoms with Gasteiger partial charge in [0, 0.05) is 24.0 Å². The molecule has 158 valence electrons. The molecule has 1 atom stereocenters. The molecule has 3 rings (SSSR count). The van der Waals surface area contributed by atoms with E-state index in [0.29, 0.717) is 5.56 Å². The highest BCUT2D eigenvalue weighted by Crippen LogP contribution is 2.32. The number of nitrogens with zero attached hydrogens (tertiary/aromatic N) is 4. The van der Waals surface area contributed by atoms with Gasteiger partial charge in [-0.25, -0.2) is 4.99 Å². The topological polar surface area (TPSA) is 52.3 Å². The van der Waals surface area contributed by atoms with Gasteiger partial charge in [0.15, 0.2) is 0 Å². The number of aliphatic imine (C=N–C) groups is 1. The van der Waals surface area contributed by atoms with Crippen LogP contribution in [0.2, 0.25) is 0 Å². The molecule has 0 saturated heterocycles. The lowest BCUT2D eigenvalue weighted by molar-refractivity contribution is 0.435. The van der Waals surface area contributed by atoms with Gasteiger partial charge < -0.3 is 4.90 Å². The molecule has 0 aliphatic carbocycles. The van der Waals surface area contributed by atoms with Gasteiger partial charge in [-0.15, -0.1) is 0 Å². The summed E-state index contributed by atoms with van der Waals surface area (Å²) in [5.74, 6) is 0.887. The first-order chi connectivity index (χ1) is 14.9. The van der Waals surface area contributed by atoms with Crippen molar-refractivity contribution in [3.63, 3.8) is 0 Å². The molecule has 0 spiro atoms. The van der Waals surface area contributed by atoms with E-state index in [2.05, 4.69) is 61.9 Å². The van der Waals surface area contributed by atoms with Crippen LogP contribution in [0.15, 0.2) is 71.8 Å². The van der Waals surface area contributed by atoms with E-state index in [1.165, 1.54) is 5.56 Å². The van der Waals surface area contributed by atoms with Crippen molar-refractivity contribution in [1.29, 1.82) is 5.26 Å². The molecule has 2 heterocycles. The molecule has 4 heteroatoms. The first-order valence-electron chi connectivity index (χ1n) is 10.7. The summed E-state index contributed by atoms with van der Waals surface area (Å²) in [5.41, 5.74) is 6.91. The fourth-order valence-electron chi connectivity index (χ4n) is 3.71. The van der Waals surface area contributed by atoms with Crippen LogP contribution in [-0.4, -0.2) is 22.8 Å². The second kappa shape index (κ2) is 10.0. The molecule has 0 N–H and O–H groups in total. The van der Waals surface area contributed by atoms with Crippen molar-refractivity contribution in [1.82, 2.24) is 9.88 Å². The van der Waals surface area contributed by atoms with Crippen LogP contribution < -0.4 is 0 Å². The normalized spacial score (nSPS) is 16.1. The van der Waals surface area contributed by atoms with Crippen molar-refractivity contribution in [3.05, 3.63) is 94.9 Å². The smallest absolute Gasteiger partial charge is 0.129 e. The Morgan fingerprint density at radius 2 is 2.10 bits per heavy atom. The standard InChI is InChI=1S/C27H30N4/c1-6-9-24-16-23(14-20(4)29-24)26-17-25(22-12-8-11-21(15-22)18-28)30-27(31(26)5)13-7-10-19(2)3/h7-8,11-17,26H,2,6,9-10H2,1,3-5H3/b13-7-. The third-order valence-corrected chi connectivity index (χ3v) is 5.23. The molecule has 1 aromatic carbocycles. The molecule has 0 saturated carbocycles. The van der Waals surface area contributed by atoms with Crippen LogP contribution in [0.5, 0.6) is 0 Å². The number of pyridine rings is 1. The fourth-order valence-corrected chi connectivity index (χ4v) is 3.71. The number of benzene rings is 1. The average molecular weight is 411 g/mol. The molecular formula is C27H30N4. The van der Waals surface area contributed by atoms with Gasteiger partial charge in [0.25, 0.3) is 0 Å². The maximum Gasteiger partial charge on any atom is 0.129 e. The van der Waals surface area contributed by atoms with Gasteiger partial charge >= 0.3 is 0 Å². The van der Waals surface area contributed by atoms with Crippen molar-refractivity contribution in [2.45, 2.75) is 46.1 Å². The van der Waals surface area contributed by atoms with E-state index in [0.717, 1.165) is 53.3 Å². The van der Waals surface area contributed by atoms with Crippen molar-refractivity contribution in [3.8, 4) is 6.07 Å². The Labute approximate surface area is 186 Å². The van der Waals surface area contributed by atoms with Crippen LogP contribution in [-0.2, 0) is 6.42 Å². The summed E-state index contributed by atoms with van der Waals surface area (Å²) < 4.78 is 0. The van der Waals surface area contributed by atoms with Crippen molar-refractivity contribution >= 4 is 11.5 Å². The average Bonchev–Trinajstić information content (AvgIpc) is 2.74. The Balaban J connectivity index is 2.08. The number of hydrogen-bond donors (Lipinski definition) is 0. The lowest BCUT2D eigenvalue weighted by Gasteiger charge is -2.32. The summed E-state index contributed by atoms with van der Waals surface area (Å²) in [6.07, 6.45) is 9.18. The Kier molecular flexibility index (Phi) is 7.20. The first-order valence-corrected chi connectivity index (χ1v) is 10.7. The maximum atomic E-state index is 9.32. The quantitative estimate of drug-likeness (QED) is 0.513. The van der Waals surface area contributed by atoms with Crippen molar-refractivity contribution in [2.24, 2.45) is 4.99 Å². The zero-order valence-electron chi connectivity index (χ0n) is 18.9. The fraction of sp³-hybridized carbons (Fsp3) is 0.296. The van der Waals surface area contributed by atoms with Gasteiger partial charge in [0.1, 0.15) is 5.84 Å². The summed E-state index contributed by atoms with van der Waals surface area (Å²) in [6.45, 7) is 10.2. The van der Waals surface area contributed by atoms with Crippen molar-refractivity contribution in [2.75, 3.05) is 7.05 Å². The van der Waals surface area contributed by atoms with Gasteiger partial charge in [0.05, 0.1) is 23.4 Å². The molecule has 4 nitrogen and oxygen atoms in total. The minimum atomic E-state index is 0.0278. The largest absolute Gasteiger partial charge is 0.349 e. The lowest BCUT2D eigenvalue weighted by Crippen LogP contribution is -2.32. The number of aromatic nitrogens is 1. The third-order valence-electron chi connectivity index (χ3n) is 5.23. The third kappa shape index (κ3) is 5.58. The predicted octanol–water partition coefficient (Wildman–Crippen LogP) is 6.16. The minimum absolute atomic E-state index is 0.0278. The zero-order chi connectivity index (χ0) is 22.4. The monoisotopic (exact) mass is 410 g/mol. The van der Waals surface area contributed by atoms with E-state index in [-0.39, 0.29) is 6.04 Å². The number of amidine groups is 1. The maximum absolute atomic E-state index is 9.32. The van der Waals surface area contributed by atoms with Crippen LogP contribution in [0.3, 0.4) is 0 Å². The molecule has 1 aliphatic heterocycles. The number of aryl methyl sites for hydroxylation is 2. The summed E-state index contributed by atoms with van der Waals surface area (Å²) >= 11 is 0. The number of likely N-dealkylation sites (N-methyl/N-ethyl adjacent to an activating group) is 1. The van der Waals surface area contributed by atoms with Crippen molar-refractivity contribution < 1.29 is 0 Å².